The number of unbranched alkanes of at least 4 members (excludes halogenated alkanes) is 2. The summed E-state index contributed by atoms with van der Waals surface area (Å²) in [4.78, 5) is 0. The molecule has 232 valence electrons. The zero-order chi connectivity index (χ0) is 32.0. The summed E-state index contributed by atoms with van der Waals surface area (Å²) in [6.45, 7) is 4.61. The average Bonchev–Trinajstić information content (AvgIpc) is 3.81. The number of hydrogen-bond donors (Lipinski definition) is 0. The molecule has 4 aliphatic carbocycles. The summed E-state index contributed by atoms with van der Waals surface area (Å²) in [6.07, 6.45) is 7.05. The monoisotopic (exact) mass is 616 g/mol. The molecule has 0 heterocycles. The summed E-state index contributed by atoms with van der Waals surface area (Å²) in [5.41, 5.74) is 22.2. The van der Waals surface area contributed by atoms with Crippen molar-refractivity contribution in [3.63, 3.8) is 0 Å². The van der Waals surface area contributed by atoms with Gasteiger partial charge in [-0.3, -0.25) is 0 Å². The molecule has 6 aromatic carbocycles. The molecule has 48 heavy (non-hydrogen) atoms. The van der Waals surface area contributed by atoms with Crippen molar-refractivity contribution >= 4 is 11.1 Å². The molecule has 4 aliphatic rings. The topological polar surface area (TPSA) is 0 Å². The van der Waals surface area contributed by atoms with Gasteiger partial charge in [0, 0.05) is 0 Å². The Morgan fingerprint density at radius 1 is 0.354 bits per heavy atom. The summed E-state index contributed by atoms with van der Waals surface area (Å²) in [5.74, 6) is 0. The van der Waals surface area contributed by atoms with Crippen molar-refractivity contribution in [3.8, 4) is 22.3 Å². The third kappa shape index (κ3) is 3.31. The maximum atomic E-state index is 2.61. The average molecular weight is 617 g/mol. The maximum Gasteiger partial charge on any atom is 0.0728 e. The molecule has 10 rings (SSSR count). The minimum Gasteiger partial charge on any atom is -0.0654 e. The van der Waals surface area contributed by atoms with Crippen LogP contribution in [-0.2, 0) is 23.7 Å². The van der Waals surface area contributed by atoms with Crippen molar-refractivity contribution in [1.82, 2.24) is 0 Å². The van der Waals surface area contributed by atoms with E-state index in [1.807, 2.05) is 0 Å². The standard InChI is InChI=1S/C48H40/c1-3-5-15-31-25-27-37-43(29-31)47(39-21-11-7-17-33(39)34-18-8-12-22-40(34)47)46-38-28-26-32(16-6-4-2)30-44(38)48(45(37)46)41-23-13-9-19-35(41)36-20-10-14-24-42(36)48/h7-14,17-30H,3-6,15-16H2,1-2H3. The van der Waals surface area contributed by atoms with Gasteiger partial charge in [0.1, 0.15) is 0 Å². The van der Waals surface area contributed by atoms with Crippen LogP contribution in [0.3, 0.4) is 0 Å². The van der Waals surface area contributed by atoms with Crippen molar-refractivity contribution in [1.29, 1.82) is 0 Å². The van der Waals surface area contributed by atoms with Crippen LogP contribution >= 0.6 is 0 Å². The molecule has 0 aliphatic heterocycles. The molecule has 2 spiro atoms. The quantitative estimate of drug-likeness (QED) is 0.175. The SMILES string of the molecule is CCCCc1ccc2c(c1)C1(C3=C2C2(c4cc(CCCC)ccc43)c3ccccc3-c3ccccc32)c2ccccc2-c2ccccc21. The Labute approximate surface area is 284 Å². The number of rotatable bonds is 6. The highest BCUT2D eigenvalue weighted by Crippen LogP contribution is 2.74. The highest BCUT2D eigenvalue weighted by molar-refractivity contribution is 6.19. The first-order valence-corrected chi connectivity index (χ1v) is 18.2. The molecular formula is C48H40. The Morgan fingerprint density at radius 3 is 1.02 bits per heavy atom. The molecule has 0 saturated carbocycles. The number of aryl methyl sites for hydroxylation is 2. The van der Waals surface area contributed by atoms with Crippen LogP contribution in [0.15, 0.2) is 133 Å². The minimum atomic E-state index is -0.379. The smallest absolute Gasteiger partial charge is 0.0654 e. The van der Waals surface area contributed by atoms with Crippen molar-refractivity contribution < 1.29 is 0 Å². The number of allylic oxidation sites excluding steroid dienone is 2. The molecule has 0 heteroatoms. The Bertz CT molecular complexity index is 2070. The lowest BCUT2D eigenvalue weighted by Crippen LogP contribution is -2.28. The fourth-order valence-corrected chi connectivity index (χ4v) is 10.2. The van der Waals surface area contributed by atoms with E-state index in [0.29, 0.717) is 0 Å². The predicted octanol–water partition coefficient (Wildman–Crippen LogP) is 11.9. The Hall–Kier alpha value is -4.94. The molecule has 0 N–H and O–H groups in total. The predicted molar refractivity (Wildman–Crippen MR) is 200 cm³/mol. The van der Waals surface area contributed by atoms with E-state index in [0.717, 1.165) is 12.8 Å². The first kappa shape index (κ1) is 28.1. The molecule has 6 aromatic rings. The lowest BCUT2D eigenvalue weighted by molar-refractivity contribution is 0.781. The van der Waals surface area contributed by atoms with Gasteiger partial charge in [0.15, 0.2) is 0 Å². The molecule has 0 saturated heterocycles. The van der Waals surface area contributed by atoms with Crippen LogP contribution in [0.2, 0.25) is 0 Å². The van der Waals surface area contributed by atoms with Gasteiger partial charge < -0.3 is 0 Å². The van der Waals surface area contributed by atoms with Gasteiger partial charge in [-0.25, -0.2) is 0 Å². The van der Waals surface area contributed by atoms with Gasteiger partial charge in [-0.2, -0.15) is 0 Å². The Balaban J connectivity index is 1.40. The van der Waals surface area contributed by atoms with Gasteiger partial charge in [0.05, 0.1) is 10.8 Å². The minimum absolute atomic E-state index is 0.379. The number of hydrogen-bond acceptors (Lipinski definition) is 0. The van der Waals surface area contributed by atoms with Crippen LogP contribution in [0, 0.1) is 0 Å². The molecule has 0 nitrogen and oxygen atoms in total. The molecule has 0 amide bonds. The van der Waals surface area contributed by atoms with Gasteiger partial charge in [-0.1, -0.05) is 160 Å². The highest BCUT2D eigenvalue weighted by Gasteiger charge is 2.63. The van der Waals surface area contributed by atoms with E-state index in [4.69, 9.17) is 0 Å². The van der Waals surface area contributed by atoms with Crippen molar-refractivity contribution in [2.24, 2.45) is 0 Å². The highest BCUT2D eigenvalue weighted by atomic mass is 14.6. The zero-order valence-electron chi connectivity index (χ0n) is 27.9. The first-order valence-electron chi connectivity index (χ1n) is 18.2. The van der Waals surface area contributed by atoms with Crippen molar-refractivity contribution in [2.45, 2.75) is 63.2 Å². The Morgan fingerprint density at radius 2 is 0.688 bits per heavy atom. The third-order valence-electron chi connectivity index (χ3n) is 12.1. The second kappa shape index (κ2) is 10.3. The fraction of sp³-hybridized carbons (Fsp3) is 0.208. The first-order chi connectivity index (χ1) is 23.7. The van der Waals surface area contributed by atoms with Crippen molar-refractivity contribution in [3.05, 3.63) is 189 Å². The van der Waals surface area contributed by atoms with Gasteiger partial charge >= 0.3 is 0 Å². The normalized spacial score (nSPS) is 16.0. The molecule has 0 atom stereocenters. The second-order valence-electron chi connectivity index (χ2n) is 14.4. The van der Waals surface area contributed by atoms with E-state index >= 15 is 0 Å². The second-order valence-corrected chi connectivity index (χ2v) is 14.4. The van der Waals surface area contributed by atoms with Gasteiger partial charge in [0.25, 0.3) is 0 Å². The van der Waals surface area contributed by atoms with Gasteiger partial charge in [-0.15, -0.1) is 0 Å². The molecule has 0 bridgehead atoms. The Kier molecular flexibility index (Phi) is 6.02. The maximum absolute atomic E-state index is 2.61. The van der Waals surface area contributed by atoms with E-state index < -0.39 is 0 Å². The lowest BCUT2D eigenvalue weighted by atomic mass is 9.66. The third-order valence-corrected chi connectivity index (χ3v) is 12.1. The lowest BCUT2D eigenvalue weighted by Gasteiger charge is -2.35. The van der Waals surface area contributed by atoms with Crippen LogP contribution < -0.4 is 0 Å². The fourth-order valence-electron chi connectivity index (χ4n) is 10.2. The van der Waals surface area contributed by atoms with Crippen LogP contribution in [0.25, 0.3) is 33.4 Å². The molecule has 0 unspecified atom stereocenters. The summed E-state index contributed by atoms with van der Waals surface area (Å²) in [5, 5.41) is 0. The van der Waals surface area contributed by atoms with Crippen LogP contribution in [-0.4, -0.2) is 0 Å². The molecule has 0 aromatic heterocycles. The van der Waals surface area contributed by atoms with E-state index in [9.17, 15) is 0 Å². The van der Waals surface area contributed by atoms with Crippen LogP contribution in [0.1, 0.15) is 95.2 Å². The summed E-state index contributed by atoms with van der Waals surface area (Å²) >= 11 is 0. The molecular weight excluding hydrogens is 577 g/mol. The van der Waals surface area contributed by atoms with Gasteiger partial charge in [0.2, 0.25) is 0 Å². The number of benzene rings is 6. The molecule has 0 radical (unpaired) electrons. The van der Waals surface area contributed by atoms with Crippen LogP contribution in [0.5, 0.6) is 0 Å². The van der Waals surface area contributed by atoms with Crippen LogP contribution in [0.4, 0.5) is 0 Å². The zero-order valence-corrected chi connectivity index (χ0v) is 27.9. The molecule has 0 fully saturated rings. The number of fused-ring (bicyclic) bond motifs is 18. The summed E-state index contributed by atoms with van der Waals surface area (Å²) < 4.78 is 0. The van der Waals surface area contributed by atoms with E-state index in [2.05, 4.69) is 147 Å². The van der Waals surface area contributed by atoms with Gasteiger partial charge in [-0.05, 0) is 115 Å². The largest absolute Gasteiger partial charge is 0.0728 e. The van der Waals surface area contributed by atoms with E-state index in [1.54, 1.807) is 0 Å². The summed E-state index contributed by atoms with van der Waals surface area (Å²) in [7, 11) is 0. The van der Waals surface area contributed by atoms with Crippen molar-refractivity contribution in [2.75, 3.05) is 0 Å². The summed E-state index contributed by atoms with van der Waals surface area (Å²) in [6, 6.07) is 52.3. The van der Waals surface area contributed by atoms with E-state index in [-0.39, 0.29) is 10.8 Å². The van der Waals surface area contributed by atoms with E-state index in [1.165, 1.54) is 115 Å².